The van der Waals surface area contributed by atoms with Gasteiger partial charge >= 0.3 is 5.69 Å². The summed E-state index contributed by atoms with van der Waals surface area (Å²) in [6.07, 6.45) is 1.13. The zero-order valence-corrected chi connectivity index (χ0v) is 9.38. The fourth-order valence-corrected chi connectivity index (χ4v) is 1.80. The molecule has 0 aliphatic heterocycles. The van der Waals surface area contributed by atoms with Gasteiger partial charge in [0.05, 0.1) is 4.92 Å². The van der Waals surface area contributed by atoms with Crippen LogP contribution in [0.5, 0.6) is 5.88 Å². The third-order valence-corrected chi connectivity index (χ3v) is 2.78. The van der Waals surface area contributed by atoms with Crippen LogP contribution in [0.1, 0.15) is 4.88 Å². The van der Waals surface area contributed by atoms with Gasteiger partial charge in [-0.05, 0) is 11.4 Å². The Hall–Kier alpha value is -2.22. The van der Waals surface area contributed by atoms with Crippen LogP contribution in [-0.4, -0.2) is 14.9 Å². The Bertz CT molecular complexity index is 529. The van der Waals surface area contributed by atoms with E-state index < -0.39 is 10.6 Å². The molecule has 0 bridgehead atoms. The van der Waals surface area contributed by atoms with Gasteiger partial charge in [0.1, 0.15) is 12.9 Å². The average Bonchev–Trinajstić information content (AvgIpc) is 2.78. The monoisotopic (exact) mass is 252 g/mol. The number of rotatable bonds is 4. The average molecular weight is 252 g/mol. The summed E-state index contributed by atoms with van der Waals surface area (Å²) in [5, 5.41) is 12.7. The first kappa shape index (κ1) is 11.3. The zero-order chi connectivity index (χ0) is 12.3. The minimum Gasteiger partial charge on any atom is -0.467 e. The lowest BCUT2D eigenvalue weighted by atomic mass is 10.4. The Morgan fingerprint density at radius 1 is 1.53 bits per heavy atom. The van der Waals surface area contributed by atoms with Crippen LogP contribution in [0, 0.1) is 10.1 Å². The van der Waals surface area contributed by atoms with Crippen molar-refractivity contribution in [3.8, 4) is 5.88 Å². The fraction of sp³-hybridized carbons (Fsp3) is 0.111. The molecule has 7 nitrogen and oxygen atoms in total. The smallest absolute Gasteiger partial charge is 0.372 e. The van der Waals surface area contributed by atoms with E-state index in [1.807, 2.05) is 17.5 Å². The maximum absolute atomic E-state index is 10.8. The van der Waals surface area contributed by atoms with Crippen molar-refractivity contribution in [2.45, 2.75) is 6.61 Å². The van der Waals surface area contributed by atoms with E-state index in [9.17, 15) is 10.1 Å². The number of anilines is 1. The molecule has 2 N–H and O–H groups in total. The summed E-state index contributed by atoms with van der Waals surface area (Å²) in [5.74, 6) is -0.318. The highest BCUT2D eigenvalue weighted by Crippen LogP contribution is 2.29. The van der Waals surface area contributed by atoms with Gasteiger partial charge in [-0.15, -0.1) is 11.3 Å². The highest BCUT2D eigenvalue weighted by molar-refractivity contribution is 7.09. The molecule has 0 unspecified atom stereocenters. The molecule has 0 aliphatic rings. The topological polar surface area (TPSA) is 104 Å². The number of nitrogen functional groups attached to an aromatic ring is 1. The van der Waals surface area contributed by atoms with Crippen LogP contribution >= 0.6 is 11.3 Å². The third kappa shape index (κ3) is 2.48. The van der Waals surface area contributed by atoms with Gasteiger partial charge in [0.15, 0.2) is 0 Å². The number of aromatic nitrogens is 2. The van der Waals surface area contributed by atoms with Crippen molar-refractivity contribution in [3.63, 3.8) is 0 Å². The van der Waals surface area contributed by atoms with E-state index in [1.54, 1.807) is 0 Å². The summed E-state index contributed by atoms with van der Waals surface area (Å²) in [6.45, 7) is 0.217. The van der Waals surface area contributed by atoms with Crippen LogP contribution in [0.15, 0.2) is 23.8 Å². The number of hydrogen-bond donors (Lipinski definition) is 1. The van der Waals surface area contributed by atoms with Crippen LogP contribution in [0.2, 0.25) is 0 Å². The molecule has 0 aromatic carbocycles. The molecule has 88 valence electrons. The standard InChI is InChI=1S/C9H8N4O3S/c10-8-7(13(14)15)9(12-5-11-8)16-4-6-2-1-3-17-6/h1-3,5H,4H2,(H2,10,11,12). The van der Waals surface area contributed by atoms with Crippen molar-refractivity contribution in [2.24, 2.45) is 0 Å². The molecule has 0 saturated carbocycles. The Morgan fingerprint density at radius 2 is 2.35 bits per heavy atom. The fourth-order valence-electron chi connectivity index (χ4n) is 1.19. The summed E-state index contributed by atoms with van der Waals surface area (Å²) >= 11 is 1.49. The third-order valence-electron chi connectivity index (χ3n) is 1.93. The van der Waals surface area contributed by atoms with Crippen molar-refractivity contribution >= 4 is 22.8 Å². The van der Waals surface area contributed by atoms with Gasteiger partial charge in [-0.25, -0.2) is 4.98 Å². The summed E-state index contributed by atoms with van der Waals surface area (Å²) in [7, 11) is 0. The van der Waals surface area contributed by atoms with Gasteiger partial charge < -0.3 is 10.5 Å². The van der Waals surface area contributed by atoms with Gasteiger partial charge in [0, 0.05) is 4.88 Å². The Kier molecular flexibility index (Phi) is 3.15. The predicted octanol–water partition coefficient (Wildman–Crippen LogP) is 1.61. The number of ether oxygens (including phenoxy) is 1. The summed E-state index contributed by atoms with van der Waals surface area (Å²) in [4.78, 5) is 18.3. The van der Waals surface area contributed by atoms with E-state index in [-0.39, 0.29) is 18.3 Å². The van der Waals surface area contributed by atoms with Crippen molar-refractivity contribution in [3.05, 3.63) is 38.8 Å². The molecule has 0 spiro atoms. The molecular formula is C9H8N4O3S. The van der Waals surface area contributed by atoms with E-state index in [1.165, 1.54) is 11.3 Å². The van der Waals surface area contributed by atoms with E-state index in [2.05, 4.69) is 9.97 Å². The van der Waals surface area contributed by atoms with Gasteiger partial charge in [-0.1, -0.05) is 6.07 Å². The molecule has 2 heterocycles. The second-order valence-corrected chi connectivity index (χ2v) is 4.07. The first-order valence-corrected chi connectivity index (χ1v) is 5.46. The van der Waals surface area contributed by atoms with Crippen LogP contribution in [0.4, 0.5) is 11.5 Å². The highest BCUT2D eigenvalue weighted by Gasteiger charge is 2.22. The van der Waals surface area contributed by atoms with Crippen molar-refractivity contribution in [1.82, 2.24) is 9.97 Å². The number of nitrogens with two attached hydrogens (primary N) is 1. The number of thiophene rings is 1. The first-order valence-electron chi connectivity index (χ1n) is 4.58. The predicted molar refractivity (Wildman–Crippen MR) is 61.7 cm³/mol. The van der Waals surface area contributed by atoms with Gasteiger partial charge in [0.25, 0.3) is 5.88 Å². The zero-order valence-electron chi connectivity index (χ0n) is 8.57. The van der Waals surface area contributed by atoms with Gasteiger partial charge in [-0.3, -0.25) is 10.1 Å². The maximum atomic E-state index is 10.8. The highest BCUT2D eigenvalue weighted by atomic mass is 32.1. The normalized spacial score (nSPS) is 10.1. The lowest BCUT2D eigenvalue weighted by Crippen LogP contribution is -2.04. The summed E-state index contributed by atoms with van der Waals surface area (Å²) in [6, 6.07) is 3.73. The molecule has 0 saturated heterocycles. The maximum Gasteiger partial charge on any atom is 0.372 e. The largest absolute Gasteiger partial charge is 0.467 e. The molecular weight excluding hydrogens is 244 g/mol. The molecule has 0 aliphatic carbocycles. The minimum atomic E-state index is -0.654. The van der Waals surface area contributed by atoms with E-state index >= 15 is 0 Å². The second-order valence-electron chi connectivity index (χ2n) is 3.04. The second kappa shape index (κ2) is 4.74. The first-order chi connectivity index (χ1) is 8.18. The van der Waals surface area contributed by atoms with Crippen LogP contribution in [0.3, 0.4) is 0 Å². The minimum absolute atomic E-state index is 0.115. The number of hydrogen-bond acceptors (Lipinski definition) is 7. The summed E-state index contributed by atoms with van der Waals surface area (Å²) < 4.78 is 5.26. The van der Waals surface area contributed by atoms with Crippen LogP contribution < -0.4 is 10.5 Å². The summed E-state index contributed by atoms with van der Waals surface area (Å²) in [5.41, 5.74) is 5.00. The lowest BCUT2D eigenvalue weighted by Gasteiger charge is -2.04. The molecule has 0 fully saturated rings. The van der Waals surface area contributed by atoms with Gasteiger partial charge in [-0.2, -0.15) is 4.98 Å². The van der Waals surface area contributed by atoms with Crippen LogP contribution in [-0.2, 0) is 6.61 Å². The van der Waals surface area contributed by atoms with E-state index in [4.69, 9.17) is 10.5 Å². The Labute approximate surface area is 100 Å². The van der Waals surface area contributed by atoms with Crippen molar-refractivity contribution < 1.29 is 9.66 Å². The molecule has 17 heavy (non-hydrogen) atoms. The van der Waals surface area contributed by atoms with Gasteiger partial charge in [0.2, 0.25) is 5.82 Å². The molecule has 0 radical (unpaired) electrons. The van der Waals surface area contributed by atoms with Crippen molar-refractivity contribution in [2.75, 3.05) is 5.73 Å². The molecule has 0 atom stereocenters. The van der Waals surface area contributed by atoms with E-state index in [0.717, 1.165) is 11.2 Å². The van der Waals surface area contributed by atoms with E-state index in [0.29, 0.717) is 0 Å². The Balaban J connectivity index is 2.21. The Morgan fingerprint density at radius 3 is 3.00 bits per heavy atom. The SMILES string of the molecule is Nc1ncnc(OCc2cccs2)c1[N+](=O)[O-]. The number of nitro groups is 1. The number of nitrogens with zero attached hydrogens (tertiary/aromatic N) is 3. The molecule has 2 aromatic heterocycles. The van der Waals surface area contributed by atoms with Crippen molar-refractivity contribution in [1.29, 1.82) is 0 Å². The quantitative estimate of drug-likeness (QED) is 0.654. The lowest BCUT2D eigenvalue weighted by molar-refractivity contribution is -0.385. The molecule has 0 amide bonds. The van der Waals surface area contributed by atoms with Crippen LogP contribution in [0.25, 0.3) is 0 Å². The molecule has 2 rings (SSSR count). The molecule has 2 aromatic rings. The molecule has 8 heteroatoms.